The van der Waals surface area contributed by atoms with E-state index in [0.717, 1.165) is 25.7 Å². The molecule has 0 bridgehead atoms. The highest BCUT2D eigenvalue weighted by Gasteiger charge is 2.31. The van der Waals surface area contributed by atoms with Crippen LogP contribution in [0.3, 0.4) is 0 Å². The van der Waals surface area contributed by atoms with Crippen LogP contribution in [-0.4, -0.2) is 11.4 Å². The van der Waals surface area contributed by atoms with E-state index in [9.17, 15) is 4.79 Å². The summed E-state index contributed by atoms with van der Waals surface area (Å²) in [6.07, 6.45) is 10.8. The lowest BCUT2D eigenvalue weighted by molar-refractivity contribution is 0.0904. The minimum Gasteiger partial charge on any atom is -0.336 e. The molecule has 1 fully saturated rings. The van der Waals surface area contributed by atoms with Crippen molar-refractivity contribution in [2.45, 2.75) is 37.6 Å². The van der Waals surface area contributed by atoms with Crippen molar-refractivity contribution in [1.29, 1.82) is 0 Å². The molecule has 2 nitrogen and oxygen atoms in total. The highest BCUT2D eigenvalue weighted by Crippen LogP contribution is 2.27. The predicted molar refractivity (Wildman–Crippen MR) is 66.4 cm³/mol. The molecule has 0 unspecified atom stereocenters. The van der Waals surface area contributed by atoms with E-state index < -0.39 is 5.54 Å². The van der Waals surface area contributed by atoms with Gasteiger partial charge >= 0.3 is 0 Å². The lowest BCUT2D eigenvalue weighted by Crippen LogP contribution is -2.48. The molecule has 1 aromatic heterocycles. The van der Waals surface area contributed by atoms with E-state index in [1.807, 2.05) is 16.8 Å². The number of terminal acetylenes is 1. The fourth-order valence-electron chi connectivity index (χ4n) is 2.14. The molecule has 1 heterocycles. The molecule has 1 aliphatic carbocycles. The highest BCUT2D eigenvalue weighted by molar-refractivity contribution is 7.08. The standard InChI is InChI=1S/C13H15NOS/c1-2-13(7-4-3-5-8-13)14-12(15)11-6-9-16-10-11/h1,6,9-10H,3-5,7-8H2,(H,14,15). The molecule has 2 rings (SSSR count). The summed E-state index contributed by atoms with van der Waals surface area (Å²) in [7, 11) is 0. The smallest absolute Gasteiger partial charge is 0.253 e. The number of hydrogen-bond acceptors (Lipinski definition) is 2. The third-order valence-corrected chi connectivity index (χ3v) is 3.80. The fourth-order valence-corrected chi connectivity index (χ4v) is 2.78. The van der Waals surface area contributed by atoms with Crippen molar-refractivity contribution in [3.8, 4) is 12.3 Å². The van der Waals surface area contributed by atoms with Gasteiger partial charge in [-0.3, -0.25) is 4.79 Å². The second-order valence-corrected chi connectivity index (χ2v) is 5.03. The molecule has 1 N–H and O–H groups in total. The minimum absolute atomic E-state index is 0.0406. The maximum atomic E-state index is 11.9. The minimum atomic E-state index is -0.405. The molecule has 0 aromatic carbocycles. The second-order valence-electron chi connectivity index (χ2n) is 4.25. The van der Waals surface area contributed by atoms with Gasteiger partial charge in [0.1, 0.15) is 5.54 Å². The Labute approximate surface area is 100 Å². The van der Waals surface area contributed by atoms with Crippen LogP contribution >= 0.6 is 11.3 Å². The van der Waals surface area contributed by atoms with Crippen LogP contribution in [0.25, 0.3) is 0 Å². The number of thiophene rings is 1. The summed E-state index contributed by atoms with van der Waals surface area (Å²) in [5.74, 6) is 2.74. The molecular formula is C13H15NOS. The number of nitrogens with one attached hydrogen (secondary N) is 1. The van der Waals surface area contributed by atoms with Crippen LogP contribution in [0.1, 0.15) is 42.5 Å². The summed E-state index contributed by atoms with van der Waals surface area (Å²) in [5.41, 5.74) is 0.308. The summed E-state index contributed by atoms with van der Waals surface area (Å²) >= 11 is 1.52. The maximum Gasteiger partial charge on any atom is 0.253 e. The van der Waals surface area contributed by atoms with Crippen molar-refractivity contribution in [1.82, 2.24) is 5.32 Å². The summed E-state index contributed by atoms with van der Waals surface area (Å²) in [4.78, 5) is 11.9. The monoisotopic (exact) mass is 233 g/mol. The van der Waals surface area contributed by atoms with Crippen molar-refractivity contribution in [2.75, 3.05) is 0 Å². The Kier molecular flexibility index (Phi) is 3.31. The molecule has 0 radical (unpaired) electrons. The first-order valence-electron chi connectivity index (χ1n) is 5.58. The SMILES string of the molecule is C#CC1(NC(=O)c2ccsc2)CCCCC1. The molecular weight excluding hydrogens is 218 g/mol. The number of amides is 1. The van der Waals surface area contributed by atoms with Gasteiger partial charge in [0.2, 0.25) is 0 Å². The summed E-state index contributed by atoms with van der Waals surface area (Å²) < 4.78 is 0. The molecule has 1 aliphatic rings. The Morgan fingerprint density at radius 1 is 1.44 bits per heavy atom. The van der Waals surface area contributed by atoms with Crippen LogP contribution in [0.2, 0.25) is 0 Å². The maximum absolute atomic E-state index is 11.9. The highest BCUT2D eigenvalue weighted by atomic mass is 32.1. The van der Waals surface area contributed by atoms with E-state index in [2.05, 4.69) is 11.2 Å². The molecule has 1 saturated carbocycles. The summed E-state index contributed by atoms with van der Waals surface area (Å²) in [6.45, 7) is 0. The van der Waals surface area contributed by atoms with Crippen LogP contribution in [0, 0.1) is 12.3 Å². The zero-order valence-corrected chi connectivity index (χ0v) is 9.98. The first kappa shape index (κ1) is 11.2. The molecule has 3 heteroatoms. The number of carbonyl (C=O) groups excluding carboxylic acids is 1. The Morgan fingerprint density at radius 3 is 2.75 bits per heavy atom. The normalized spacial score (nSPS) is 18.7. The van der Waals surface area contributed by atoms with Gasteiger partial charge in [0.15, 0.2) is 0 Å². The Bertz CT molecular complexity index is 396. The molecule has 1 amide bonds. The van der Waals surface area contributed by atoms with E-state index in [1.165, 1.54) is 17.8 Å². The molecule has 84 valence electrons. The molecule has 0 aliphatic heterocycles. The van der Waals surface area contributed by atoms with Gasteiger partial charge in [-0.05, 0) is 24.3 Å². The third-order valence-electron chi connectivity index (χ3n) is 3.12. The topological polar surface area (TPSA) is 29.1 Å². The third kappa shape index (κ3) is 2.28. The van der Waals surface area contributed by atoms with Crippen molar-refractivity contribution in [2.24, 2.45) is 0 Å². The Hall–Kier alpha value is -1.27. The molecule has 0 spiro atoms. The van der Waals surface area contributed by atoms with Gasteiger partial charge < -0.3 is 5.32 Å². The molecule has 16 heavy (non-hydrogen) atoms. The zero-order valence-electron chi connectivity index (χ0n) is 9.16. The summed E-state index contributed by atoms with van der Waals surface area (Å²) in [6, 6.07) is 1.83. The Morgan fingerprint density at radius 2 is 2.19 bits per heavy atom. The number of rotatable bonds is 2. The summed E-state index contributed by atoms with van der Waals surface area (Å²) in [5, 5.41) is 6.77. The van der Waals surface area contributed by atoms with Crippen molar-refractivity contribution in [3.05, 3.63) is 22.4 Å². The van der Waals surface area contributed by atoms with Crippen LogP contribution in [0.5, 0.6) is 0 Å². The quantitative estimate of drug-likeness (QED) is 0.782. The van der Waals surface area contributed by atoms with E-state index in [-0.39, 0.29) is 5.91 Å². The van der Waals surface area contributed by atoms with Gasteiger partial charge in [-0.15, -0.1) is 6.42 Å². The van der Waals surface area contributed by atoms with Crippen LogP contribution in [-0.2, 0) is 0 Å². The molecule has 0 saturated heterocycles. The average molecular weight is 233 g/mol. The number of hydrogen-bond donors (Lipinski definition) is 1. The van der Waals surface area contributed by atoms with Crippen molar-refractivity contribution >= 4 is 17.2 Å². The van der Waals surface area contributed by atoms with Gasteiger partial charge in [-0.25, -0.2) is 0 Å². The molecule has 1 aromatic rings. The molecule has 0 atom stereocenters. The van der Waals surface area contributed by atoms with E-state index in [4.69, 9.17) is 6.42 Å². The van der Waals surface area contributed by atoms with Crippen LogP contribution < -0.4 is 5.32 Å². The number of carbonyl (C=O) groups is 1. The van der Waals surface area contributed by atoms with Gasteiger partial charge in [0, 0.05) is 5.38 Å². The van der Waals surface area contributed by atoms with Gasteiger partial charge in [-0.2, -0.15) is 11.3 Å². The van der Waals surface area contributed by atoms with Crippen LogP contribution in [0.4, 0.5) is 0 Å². The van der Waals surface area contributed by atoms with Gasteiger partial charge in [-0.1, -0.05) is 25.2 Å². The second kappa shape index (κ2) is 4.71. The zero-order chi connectivity index (χ0) is 11.4. The van der Waals surface area contributed by atoms with E-state index in [1.54, 1.807) is 0 Å². The predicted octanol–water partition coefficient (Wildman–Crippen LogP) is 2.81. The van der Waals surface area contributed by atoms with Gasteiger partial charge in [0.25, 0.3) is 5.91 Å². The largest absolute Gasteiger partial charge is 0.336 e. The Balaban J connectivity index is 2.07. The van der Waals surface area contributed by atoms with Gasteiger partial charge in [0.05, 0.1) is 5.56 Å². The van der Waals surface area contributed by atoms with Crippen LogP contribution in [0.15, 0.2) is 16.8 Å². The van der Waals surface area contributed by atoms with Crippen molar-refractivity contribution < 1.29 is 4.79 Å². The van der Waals surface area contributed by atoms with E-state index >= 15 is 0 Å². The van der Waals surface area contributed by atoms with E-state index in [0.29, 0.717) is 5.56 Å². The van der Waals surface area contributed by atoms with Crippen molar-refractivity contribution in [3.63, 3.8) is 0 Å². The lowest BCUT2D eigenvalue weighted by Gasteiger charge is -2.33. The average Bonchev–Trinajstić information content (AvgIpc) is 2.84. The first-order valence-corrected chi connectivity index (χ1v) is 6.52. The lowest BCUT2D eigenvalue weighted by atomic mass is 9.82. The fraction of sp³-hybridized carbons (Fsp3) is 0.462. The first-order chi connectivity index (χ1) is 7.76.